The molecule has 0 aliphatic heterocycles. The molecule has 0 bridgehead atoms. The van der Waals surface area contributed by atoms with Gasteiger partial charge in [-0.05, 0) is 24.6 Å². The first-order valence-electron chi connectivity index (χ1n) is 8.23. The summed E-state index contributed by atoms with van der Waals surface area (Å²) in [6.45, 7) is 2.88. The monoisotopic (exact) mass is 316 g/mol. The average molecular weight is 316 g/mol. The first kappa shape index (κ1) is 17.1. The number of ether oxygens (including phenoxy) is 1. The molecule has 2 N–H and O–H groups in total. The van der Waals surface area contributed by atoms with E-state index in [1.165, 1.54) is 38.2 Å². The van der Waals surface area contributed by atoms with Crippen LogP contribution >= 0.6 is 0 Å². The second-order valence-corrected chi connectivity index (χ2v) is 5.58. The van der Waals surface area contributed by atoms with Crippen molar-refractivity contribution in [3.8, 4) is 17.0 Å². The molecule has 0 aliphatic rings. The fourth-order valence-corrected chi connectivity index (χ4v) is 2.44. The summed E-state index contributed by atoms with van der Waals surface area (Å²) in [5.74, 6) is -0.279. The number of aromatic nitrogens is 2. The smallest absolute Gasteiger partial charge is 0.353 e. The summed E-state index contributed by atoms with van der Waals surface area (Å²) >= 11 is 0. The van der Waals surface area contributed by atoms with Crippen molar-refractivity contribution in [3.05, 3.63) is 36.0 Å². The molecular weight excluding hydrogens is 292 g/mol. The normalized spacial score (nSPS) is 10.7. The summed E-state index contributed by atoms with van der Waals surface area (Å²) in [7, 11) is 0. The lowest BCUT2D eigenvalue weighted by Gasteiger charge is -2.09. The Kier molecular flexibility index (Phi) is 6.66. The van der Waals surface area contributed by atoms with Gasteiger partial charge in [0.2, 0.25) is 0 Å². The van der Waals surface area contributed by atoms with Gasteiger partial charge in [-0.25, -0.2) is 4.79 Å². The first-order chi connectivity index (χ1) is 11.2. The molecule has 124 valence electrons. The predicted molar refractivity (Wildman–Crippen MR) is 89.9 cm³/mol. The molecule has 1 aromatic carbocycles. The largest absolute Gasteiger partial charge is 0.493 e. The number of H-pyrrole nitrogens is 1. The van der Waals surface area contributed by atoms with Gasteiger partial charge in [-0.2, -0.15) is 5.10 Å². The second-order valence-electron chi connectivity index (χ2n) is 5.58. The zero-order chi connectivity index (χ0) is 16.5. The van der Waals surface area contributed by atoms with Gasteiger partial charge in [0.25, 0.3) is 0 Å². The Balaban J connectivity index is 1.91. The number of para-hydroxylation sites is 1. The molecule has 0 spiro atoms. The van der Waals surface area contributed by atoms with Crippen molar-refractivity contribution >= 4 is 5.97 Å². The molecule has 1 heterocycles. The standard InChI is InChI=1S/C18H24N2O3/c1-2-3-4-5-6-9-12-23-17-11-8-7-10-14(17)15-13-16(18(21)22)20-19-15/h7-8,10-11,13H,2-6,9,12H2,1H3,(H,19,20)(H,21,22). The maximum atomic E-state index is 10.9. The van der Waals surface area contributed by atoms with Gasteiger partial charge in [-0.15, -0.1) is 0 Å². The Labute approximate surface area is 136 Å². The number of carboxylic acid groups (broad SMARTS) is 1. The van der Waals surface area contributed by atoms with Crippen LogP contribution in [-0.4, -0.2) is 27.9 Å². The van der Waals surface area contributed by atoms with E-state index in [0.717, 1.165) is 17.7 Å². The van der Waals surface area contributed by atoms with Gasteiger partial charge in [-0.1, -0.05) is 51.2 Å². The number of nitrogens with one attached hydrogen (secondary N) is 1. The van der Waals surface area contributed by atoms with E-state index in [-0.39, 0.29) is 5.69 Å². The predicted octanol–water partition coefficient (Wildman–Crippen LogP) is 4.51. The molecule has 0 radical (unpaired) electrons. The number of aromatic carboxylic acids is 1. The molecule has 0 atom stereocenters. The molecular formula is C18H24N2O3. The van der Waals surface area contributed by atoms with Crippen molar-refractivity contribution in [1.82, 2.24) is 10.2 Å². The minimum absolute atomic E-state index is 0.0747. The fourth-order valence-electron chi connectivity index (χ4n) is 2.44. The molecule has 0 saturated carbocycles. The molecule has 1 aromatic heterocycles. The highest BCUT2D eigenvalue weighted by molar-refractivity contribution is 5.87. The Bertz CT molecular complexity index is 622. The number of unbranched alkanes of at least 4 members (excludes halogenated alkanes) is 5. The Hall–Kier alpha value is -2.30. The Morgan fingerprint density at radius 2 is 1.91 bits per heavy atom. The third-order valence-corrected chi connectivity index (χ3v) is 3.73. The van der Waals surface area contributed by atoms with Crippen LogP contribution in [0.15, 0.2) is 30.3 Å². The van der Waals surface area contributed by atoms with Gasteiger partial charge in [0, 0.05) is 5.56 Å². The van der Waals surface area contributed by atoms with Crippen LogP contribution in [-0.2, 0) is 0 Å². The molecule has 5 nitrogen and oxygen atoms in total. The van der Waals surface area contributed by atoms with Crippen LogP contribution in [0.5, 0.6) is 5.75 Å². The maximum Gasteiger partial charge on any atom is 0.353 e. The molecule has 0 saturated heterocycles. The zero-order valence-electron chi connectivity index (χ0n) is 13.5. The molecule has 0 unspecified atom stereocenters. The van der Waals surface area contributed by atoms with E-state index in [4.69, 9.17) is 9.84 Å². The third-order valence-electron chi connectivity index (χ3n) is 3.73. The lowest BCUT2D eigenvalue weighted by Crippen LogP contribution is -1.99. The van der Waals surface area contributed by atoms with Crippen LogP contribution in [0.1, 0.15) is 55.9 Å². The van der Waals surface area contributed by atoms with Gasteiger partial charge in [0.1, 0.15) is 11.4 Å². The van der Waals surface area contributed by atoms with Gasteiger partial charge in [0.15, 0.2) is 0 Å². The van der Waals surface area contributed by atoms with E-state index in [0.29, 0.717) is 12.3 Å². The quantitative estimate of drug-likeness (QED) is 0.632. The first-order valence-corrected chi connectivity index (χ1v) is 8.23. The number of benzene rings is 1. The maximum absolute atomic E-state index is 10.9. The SMILES string of the molecule is CCCCCCCCOc1ccccc1-c1cc(C(=O)O)[nH]n1. The van der Waals surface area contributed by atoms with Crippen LogP contribution in [0.3, 0.4) is 0 Å². The summed E-state index contributed by atoms with van der Waals surface area (Å²) in [5.41, 5.74) is 1.47. The van der Waals surface area contributed by atoms with Crippen molar-refractivity contribution in [2.75, 3.05) is 6.61 Å². The summed E-state index contributed by atoms with van der Waals surface area (Å²) in [5, 5.41) is 15.6. The average Bonchev–Trinajstić information content (AvgIpc) is 3.04. The van der Waals surface area contributed by atoms with Gasteiger partial charge >= 0.3 is 5.97 Å². The number of hydrogen-bond donors (Lipinski definition) is 2. The third kappa shape index (κ3) is 5.13. The topological polar surface area (TPSA) is 75.2 Å². The lowest BCUT2D eigenvalue weighted by atomic mass is 10.1. The molecule has 2 aromatic rings. The van der Waals surface area contributed by atoms with E-state index < -0.39 is 5.97 Å². The number of rotatable bonds is 10. The summed E-state index contributed by atoms with van der Waals surface area (Å²) in [6, 6.07) is 9.10. The van der Waals surface area contributed by atoms with E-state index in [2.05, 4.69) is 17.1 Å². The van der Waals surface area contributed by atoms with Crippen LogP contribution in [0.4, 0.5) is 0 Å². The van der Waals surface area contributed by atoms with Gasteiger partial charge in [-0.3, -0.25) is 5.10 Å². The van der Waals surface area contributed by atoms with Crippen LogP contribution in [0.2, 0.25) is 0 Å². The number of nitrogens with zero attached hydrogens (tertiary/aromatic N) is 1. The van der Waals surface area contributed by atoms with Crippen molar-refractivity contribution in [2.45, 2.75) is 45.4 Å². The number of aromatic amines is 1. The highest BCUT2D eigenvalue weighted by Crippen LogP contribution is 2.29. The lowest BCUT2D eigenvalue weighted by molar-refractivity contribution is 0.0690. The van der Waals surface area contributed by atoms with Crippen LogP contribution < -0.4 is 4.74 Å². The number of hydrogen-bond acceptors (Lipinski definition) is 3. The van der Waals surface area contributed by atoms with Gasteiger partial charge in [0.05, 0.1) is 12.3 Å². The summed E-state index contributed by atoms with van der Waals surface area (Å²) < 4.78 is 5.87. The molecule has 5 heteroatoms. The van der Waals surface area contributed by atoms with Crippen LogP contribution in [0, 0.1) is 0 Å². The molecule has 0 amide bonds. The number of carbonyl (C=O) groups is 1. The summed E-state index contributed by atoms with van der Waals surface area (Å²) in [4.78, 5) is 10.9. The zero-order valence-corrected chi connectivity index (χ0v) is 13.5. The van der Waals surface area contributed by atoms with Crippen molar-refractivity contribution in [3.63, 3.8) is 0 Å². The van der Waals surface area contributed by atoms with Crippen molar-refractivity contribution in [2.24, 2.45) is 0 Å². The van der Waals surface area contributed by atoms with Crippen LogP contribution in [0.25, 0.3) is 11.3 Å². The molecule has 2 rings (SSSR count). The Morgan fingerprint density at radius 1 is 1.17 bits per heavy atom. The number of carboxylic acids is 1. The fraction of sp³-hybridized carbons (Fsp3) is 0.444. The van der Waals surface area contributed by atoms with Crippen molar-refractivity contribution in [1.29, 1.82) is 0 Å². The van der Waals surface area contributed by atoms with E-state index >= 15 is 0 Å². The highest BCUT2D eigenvalue weighted by Gasteiger charge is 2.12. The van der Waals surface area contributed by atoms with E-state index in [9.17, 15) is 4.79 Å². The summed E-state index contributed by atoms with van der Waals surface area (Å²) in [6.07, 6.45) is 7.30. The molecule has 0 aliphatic carbocycles. The second kappa shape index (κ2) is 8.98. The molecule has 23 heavy (non-hydrogen) atoms. The Morgan fingerprint density at radius 3 is 2.65 bits per heavy atom. The van der Waals surface area contributed by atoms with E-state index in [1.54, 1.807) is 0 Å². The van der Waals surface area contributed by atoms with E-state index in [1.807, 2.05) is 24.3 Å². The minimum Gasteiger partial charge on any atom is -0.493 e. The van der Waals surface area contributed by atoms with Gasteiger partial charge < -0.3 is 9.84 Å². The minimum atomic E-state index is -1.02. The molecule has 0 fully saturated rings. The van der Waals surface area contributed by atoms with Crippen molar-refractivity contribution < 1.29 is 14.6 Å². The highest BCUT2D eigenvalue weighted by atomic mass is 16.5.